The number of imidazole rings is 1. The molecule has 2 heterocycles. The van der Waals surface area contributed by atoms with Crippen molar-refractivity contribution in [3.8, 4) is 16.9 Å². The van der Waals surface area contributed by atoms with Crippen molar-refractivity contribution in [2.45, 2.75) is 11.8 Å². The van der Waals surface area contributed by atoms with Crippen LogP contribution in [0.15, 0.2) is 91.5 Å². The summed E-state index contributed by atoms with van der Waals surface area (Å²) in [4.78, 5) is 4.22. The molecule has 0 spiro atoms. The van der Waals surface area contributed by atoms with Gasteiger partial charge in [-0.15, -0.1) is 0 Å². The number of benzene rings is 3. The highest BCUT2D eigenvalue weighted by Crippen LogP contribution is 2.45. The molecule has 5 nitrogen and oxygen atoms in total. The molecule has 1 aliphatic rings. The maximum Gasteiger partial charge on any atom is 0.221 e. The number of aromatic nitrogens is 2. The Balaban J connectivity index is 1.44. The van der Waals surface area contributed by atoms with Gasteiger partial charge in [0.2, 0.25) is 5.79 Å². The number of rotatable bonds is 7. The number of hydrogen-bond donors (Lipinski definition) is 0. The predicted octanol–water partition coefficient (Wildman–Crippen LogP) is 6.38. The first-order valence-electron chi connectivity index (χ1n) is 10.6. The van der Waals surface area contributed by atoms with Crippen LogP contribution in [0.4, 0.5) is 0 Å². The molecule has 1 saturated heterocycles. The first-order valence-corrected chi connectivity index (χ1v) is 11.4. The highest BCUT2D eigenvalue weighted by atomic mass is 35.5. The van der Waals surface area contributed by atoms with E-state index in [1.54, 1.807) is 24.7 Å². The highest BCUT2D eigenvalue weighted by molar-refractivity contribution is 6.35. The Morgan fingerprint density at radius 2 is 1.67 bits per heavy atom. The van der Waals surface area contributed by atoms with Crippen molar-refractivity contribution in [3.63, 3.8) is 0 Å². The van der Waals surface area contributed by atoms with Crippen LogP contribution >= 0.6 is 23.2 Å². The Morgan fingerprint density at radius 3 is 2.33 bits per heavy atom. The minimum atomic E-state index is -1.13. The Hall–Kier alpha value is -2.83. The zero-order valence-electron chi connectivity index (χ0n) is 17.7. The predicted molar refractivity (Wildman–Crippen MR) is 129 cm³/mol. The second-order valence-corrected chi connectivity index (χ2v) is 8.56. The molecule has 1 fully saturated rings. The highest BCUT2D eigenvalue weighted by Gasteiger charge is 2.49. The number of ether oxygens (including phenoxy) is 3. The van der Waals surface area contributed by atoms with Crippen LogP contribution in [0.2, 0.25) is 10.0 Å². The molecule has 7 heteroatoms. The third-order valence-electron chi connectivity index (χ3n) is 5.72. The van der Waals surface area contributed by atoms with Crippen molar-refractivity contribution in [3.05, 3.63) is 107 Å². The van der Waals surface area contributed by atoms with Crippen molar-refractivity contribution in [2.75, 3.05) is 19.8 Å². The molecule has 1 atom stereocenters. The van der Waals surface area contributed by atoms with Gasteiger partial charge >= 0.3 is 0 Å². The van der Waals surface area contributed by atoms with Crippen molar-refractivity contribution >= 4 is 23.2 Å². The second-order valence-electron chi connectivity index (χ2n) is 7.72. The fourth-order valence-corrected chi connectivity index (χ4v) is 4.66. The molecule has 168 valence electrons. The van der Waals surface area contributed by atoms with Gasteiger partial charge in [0.05, 0.1) is 24.6 Å². The monoisotopic (exact) mass is 480 g/mol. The van der Waals surface area contributed by atoms with Gasteiger partial charge < -0.3 is 18.8 Å². The Morgan fingerprint density at radius 1 is 0.939 bits per heavy atom. The summed E-state index contributed by atoms with van der Waals surface area (Å²) in [6, 6.07) is 23.2. The van der Waals surface area contributed by atoms with Crippen LogP contribution in [0.3, 0.4) is 0 Å². The maximum absolute atomic E-state index is 6.59. The van der Waals surface area contributed by atoms with Gasteiger partial charge in [-0.25, -0.2) is 4.98 Å². The molecule has 0 aliphatic carbocycles. The molecular formula is C26H22Cl2N2O3. The van der Waals surface area contributed by atoms with Gasteiger partial charge in [-0.3, -0.25) is 0 Å². The summed E-state index contributed by atoms with van der Waals surface area (Å²) in [7, 11) is 0. The Labute approximate surface area is 202 Å². The molecule has 5 rings (SSSR count). The molecule has 1 aliphatic heterocycles. The fraction of sp³-hybridized carbons (Fsp3) is 0.192. The van der Waals surface area contributed by atoms with Crippen LogP contribution in [-0.2, 0) is 15.3 Å². The first-order chi connectivity index (χ1) is 16.2. The normalized spacial score (nSPS) is 15.9. The molecular weight excluding hydrogens is 459 g/mol. The van der Waals surface area contributed by atoms with Crippen molar-refractivity contribution in [1.82, 2.24) is 9.55 Å². The lowest BCUT2D eigenvalue weighted by Gasteiger charge is -2.37. The molecule has 1 unspecified atom stereocenters. The molecule has 1 aromatic heterocycles. The fourth-order valence-electron chi connectivity index (χ4n) is 4.12. The summed E-state index contributed by atoms with van der Waals surface area (Å²) in [6.45, 7) is 1.16. The van der Waals surface area contributed by atoms with E-state index in [2.05, 4.69) is 17.1 Å². The van der Waals surface area contributed by atoms with Crippen molar-refractivity contribution in [1.29, 1.82) is 0 Å². The standard InChI is InChI=1S/C26H22Cl2N2O3/c27-21-8-11-23(24(28)16-21)26(32-14-15-33-26)25(30-13-12-29-18-30)17-31-22-9-6-20(7-10-22)19-4-2-1-3-5-19/h1-13,16,18,25H,14-15,17H2. The lowest BCUT2D eigenvalue weighted by Crippen LogP contribution is -2.41. The summed E-state index contributed by atoms with van der Waals surface area (Å²) in [6.07, 6.45) is 5.31. The van der Waals surface area contributed by atoms with E-state index >= 15 is 0 Å². The van der Waals surface area contributed by atoms with E-state index < -0.39 is 5.79 Å². The molecule has 0 radical (unpaired) electrons. The van der Waals surface area contributed by atoms with E-state index in [0.717, 1.165) is 16.9 Å². The summed E-state index contributed by atoms with van der Waals surface area (Å²) in [5.74, 6) is -0.387. The lowest BCUT2D eigenvalue weighted by atomic mass is 9.97. The van der Waals surface area contributed by atoms with Crippen molar-refractivity contribution in [2.24, 2.45) is 0 Å². The van der Waals surface area contributed by atoms with Gasteiger partial charge in [0, 0.05) is 23.0 Å². The second kappa shape index (κ2) is 9.57. The minimum absolute atomic E-state index is 0.278. The van der Waals surface area contributed by atoms with E-state index in [9.17, 15) is 0 Å². The van der Waals surface area contributed by atoms with E-state index in [-0.39, 0.29) is 12.6 Å². The van der Waals surface area contributed by atoms with Crippen LogP contribution in [0.5, 0.6) is 5.75 Å². The topological polar surface area (TPSA) is 45.5 Å². The Kier molecular flexibility index (Phi) is 6.38. The molecule has 0 N–H and O–H groups in total. The molecule has 0 saturated carbocycles. The SMILES string of the molecule is Clc1ccc(C2(C(COc3ccc(-c4ccccc4)cc3)n3ccnc3)OCCO2)c(Cl)c1. The summed E-state index contributed by atoms with van der Waals surface area (Å²) in [5.41, 5.74) is 2.98. The molecule has 4 aromatic rings. The van der Waals surface area contributed by atoms with Crippen LogP contribution in [0, 0.1) is 0 Å². The third-order valence-corrected chi connectivity index (χ3v) is 6.26. The summed E-state index contributed by atoms with van der Waals surface area (Å²) >= 11 is 12.7. The summed E-state index contributed by atoms with van der Waals surface area (Å²) in [5, 5.41) is 1.02. The van der Waals surface area contributed by atoms with E-state index in [1.807, 2.05) is 59.3 Å². The average Bonchev–Trinajstić information content (AvgIpc) is 3.54. The molecule has 0 amide bonds. The number of hydrogen-bond acceptors (Lipinski definition) is 4. The van der Waals surface area contributed by atoms with Gasteiger partial charge in [0.25, 0.3) is 0 Å². The average molecular weight is 481 g/mol. The third kappa shape index (κ3) is 4.50. The van der Waals surface area contributed by atoms with E-state index in [1.165, 1.54) is 0 Å². The van der Waals surface area contributed by atoms with Gasteiger partial charge in [0.1, 0.15) is 18.4 Å². The van der Waals surface area contributed by atoms with Gasteiger partial charge in [-0.2, -0.15) is 0 Å². The molecule has 0 bridgehead atoms. The summed E-state index contributed by atoms with van der Waals surface area (Å²) < 4.78 is 20.6. The number of halogens is 2. The van der Waals surface area contributed by atoms with Crippen LogP contribution in [0.1, 0.15) is 11.6 Å². The van der Waals surface area contributed by atoms with Gasteiger partial charge in [-0.1, -0.05) is 71.7 Å². The minimum Gasteiger partial charge on any atom is -0.491 e. The van der Waals surface area contributed by atoms with Gasteiger partial charge in [0.15, 0.2) is 0 Å². The van der Waals surface area contributed by atoms with Crippen LogP contribution in [-0.4, -0.2) is 29.4 Å². The quantitative estimate of drug-likeness (QED) is 0.308. The smallest absolute Gasteiger partial charge is 0.221 e. The number of nitrogens with zero attached hydrogens (tertiary/aromatic N) is 2. The van der Waals surface area contributed by atoms with Crippen molar-refractivity contribution < 1.29 is 14.2 Å². The largest absolute Gasteiger partial charge is 0.491 e. The molecule has 33 heavy (non-hydrogen) atoms. The van der Waals surface area contributed by atoms with Crippen LogP contribution in [0.25, 0.3) is 11.1 Å². The molecule has 3 aromatic carbocycles. The zero-order chi connectivity index (χ0) is 22.7. The maximum atomic E-state index is 6.59. The first kappa shape index (κ1) is 22.0. The van der Waals surface area contributed by atoms with Gasteiger partial charge in [-0.05, 0) is 35.4 Å². The zero-order valence-corrected chi connectivity index (χ0v) is 19.2. The Bertz CT molecular complexity index is 1190. The van der Waals surface area contributed by atoms with Crippen LogP contribution < -0.4 is 4.74 Å². The van der Waals surface area contributed by atoms with E-state index in [4.69, 9.17) is 37.4 Å². The van der Waals surface area contributed by atoms with E-state index in [0.29, 0.717) is 28.8 Å². The lowest BCUT2D eigenvalue weighted by molar-refractivity contribution is -0.204.